The number of benzene rings is 3. The predicted octanol–water partition coefficient (Wildman–Crippen LogP) is 6.24. The topological polar surface area (TPSA) is 79.2 Å². The van der Waals surface area contributed by atoms with Crippen molar-refractivity contribution >= 4 is 52.2 Å². The van der Waals surface area contributed by atoms with Gasteiger partial charge in [-0.15, -0.1) is 0 Å². The third kappa shape index (κ3) is 5.50. The summed E-state index contributed by atoms with van der Waals surface area (Å²) in [5.41, 5.74) is 2.39. The van der Waals surface area contributed by atoms with E-state index in [0.717, 1.165) is 11.1 Å². The van der Waals surface area contributed by atoms with Crippen molar-refractivity contribution in [3.8, 4) is 5.75 Å². The number of aliphatic imine (C=N–C) groups is 1. The van der Waals surface area contributed by atoms with Crippen molar-refractivity contribution in [2.24, 2.45) is 4.99 Å². The van der Waals surface area contributed by atoms with Gasteiger partial charge in [-0.2, -0.15) is 0 Å². The van der Waals surface area contributed by atoms with E-state index in [1.165, 1.54) is 23.9 Å². The number of likely N-dealkylation sites (N-methyl/N-ethyl adjacent to an activating group) is 1. The van der Waals surface area contributed by atoms with E-state index in [2.05, 4.69) is 4.99 Å². The fraction of sp³-hybridized carbons (Fsp3) is 0.115. The predicted molar refractivity (Wildman–Crippen MR) is 136 cm³/mol. The highest BCUT2D eigenvalue weighted by atomic mass is 35.5. The molecule has 1 amide bonds. The third-order valence-electron chi connectivity index (χ3n) is 5.05. The molecule has 0 saturated carbocycles. The Bertz CT molecular complexity index is 1290. The standard InChI is InChI=1S/C26H21ClN2O4S/c1-2-29-24(30)23(34-26(29)28-20-8-5-7-18(15-20)25(31)32)14-17-10-12-21(13-11-17)33-16-19-6-3-4-9-22(19)27/h3-15H,2,16H2,1H3,(H,31,32). The van der Waals surface area contributed by atoms with Gasteiger partial charge in [-0.1, -0.05) is 48.0 Å². The number of hydrogen-bond acceptors (Lipinski definition) is 5. The Morgan fingerprint density at radius 3 is 2.59 bits per heavy atom. The molecule has 1 heterocycles. The molecule has 0 atom stereocenters. The van der Waals surface area contributed by atoms with Crippen LogP contribution in [0.2, 0.25) is 5.02 Å². The molecule has 0 aliphatic carbocycles. The van der Waals surface area contributed by atoms with Gasteiger partial charge in [-0.3, -0.25) is 9.69 Å². The van der Waals surface area contributed by atoms with Gasteiger partial charge in [0.15, 0.2) is 5.17 Å². The van der Waals surface area contributed by atoms with Crippen LogP contribution in [-0.4, -0.2) is 33.6 Å². The summed E-state index contributed by atoms with van der Waals surface area (Å²) in [6.07, 6.45) is 1.81. The number of amidine groups is 1. The van der Waals surface area contributed by atoms with Gasteiger partial charge in [-0.05, 0) is 66.7 Å². The summed E-state index contributed by atoms with van der Waals surface area (Å²) in [4.78, 5) is 30.8. The van der Waals surface area contributed by atoms with Gasteiger partial charge < -0.3 is 9.84 Å². The number of carbonyl (C=O) groups is 2. The van der Waals surface area contributed by atoms with E-state index < -0.39 is 5.97 Å². The van der Waals surface area contributed by atoms with E-state index in [1.807, 2.05) is 61.5 Å². The molecule has 1 N–H and O–H groups in total. The minimum atomic E-state index is -1.02. The van der Waals surface area contributed by atoms with Gasteiger partial charge in [0.05, 0.1) is 16.2 Å². The molecule has 172 valence electrons. The second kappa shape index (κ2) is 10.6. The Labute approximate surface area is 206 Å². The second-order valence-corrected chi connectivity index (χ2v) is 8.78. The fourth-order valence-corrected chi connectivity index (χ4v) is 4.53. The molecule has 1 aliphatic rings. The Morgan fingerprint density at radius 1 is 1.12 bits per heavy atom. The zero-order valence-corrected chi connectivity index (χ0v) is 19.8. The Morgan fingerprint density at radius 2 is 1.88 bits per heavy atom. The monoisotopic (exact) mass is 492 g/mol. The molecule has 6 nitrogen and oxygen atoms in total. The average molecular weight is 493 g/mol. The molecule has 8 heteroatoms. The first-order valence-electron chi connectivity index (χ1n) is 10.5. The molecule has 0 aromatic heterocycles. The van der Waals surface area contributed by atoms with Crippen LogP contribution in [-0.2, 0) is 11.4 Å². The SMILES string of the molecule is CCN1C(=O)C(=Cc2ccc(OCc3ccccc3Cl)cc2)SC1=Nc1cccc(C(=O)O)c1. The largest absolute Gasteiger partial charge is 0.489 e. The number of nitrogens with zero attached hydrogens (tertiary/aromatic N) is 2. The summed E-state index contributed by atoms with van der Waals surface area (Å²) in [6, 6.07) is 21.3. The quantitative estimate of drug-likeness (QED) is 0.395. The lowest BCUT2D eigenvalue weighted by molar-refractivity contribution is -0.122. The van der Waals surface area contributed by atoms with Gasteiger partial charge in [0, 0.05) is 17.1 Å². The minimum Gasteiger partial charge on any atom is -0.489 e. The number of thioether (sulfide) groups is 1. The summed E-state index contributed by atoms with van der Waals surface area (Å²) in [5.74, 6) is -0.465. The molecular weight excluding hydrogens is 472 g/mol. The molecule has 0 spiro atoms. The summed E-state index contributed by atoms with van der Waals surface area (Å²) in [5, 5.41) is 10.4. The van der Waals surface area contributed by atoms with Crippen LogP contribution in [0.3, 0.4) is 0 Å². The Balaban J connectivity index is 1.49. The molecule has 4 rings (SSSR count). The Hall–Kier alpha value is -3.55. The number of carbonyl (C=O) groups excluding carboxylic acids is 1. The number of amides is 1. The highest BCUT2D eigenvalue weighted by Crippen LogP contribution is 2.34. The van der Waals surface area contributed by atoms with E-state index >= 15 is 0 Å². The number of carboxylic acids is 1. The van der Waals surface area contributed by atoms with E-state index in [0.29, 0.717) is 39.7 Å². The highest BCUT2D eigenvalue weighted by molar-refractivity contribution is 8.18. The fourth-order valence-electron chi connectivity index (χ4n) is 3.28. The number of ether oxygens (including phenoxy) is 1. The molecule has 0 unspecified atom stereocenters. The molecule has 1 fully saturated rings. The number of halogens is 1. The molecule has 1 saturated heterocycles. The minimum absolute atomic E-state index is 0.139. The van der Waals surface area contributed by atoms with Crippen LogP contribution in [0.15, 0.2) is 82.7 Å². The molecule has 34 heavy (non-hydrogen) atoms. The number of hydrogen-bond donors (Lipinski definition) is 1. The van der Waals surface area contributed by atoms with Crippen LogP contribution in [0.25, 0.3) is 6.08 Å². The molecule has 0 bridgehead atoms. The molecule has 1 aliphatic heterocycles. The first-order valence-corrected chi connectivity index (χ1v) is 11.7. The van der Waals surface area contributed by atoms with Crippen molar-refractivity contribution in [1.82, 2.24) is 4.90 Å². The number of carboxylic acid groups (broad SMARTS) is 1. The van der Waals surface area contributed by atoms with Gasteiger partial charge in [-0.25, -0.2) is 9.79 Å². The Kier molecular flexibility index (Phi) is 7.35. The van der Waals surface area contributed by atoms with Crippen molar-refractivity contribution in [2.75, 3.05) is 6.54 Å². The summed E-state index contributed by atoms with van der Waals surface area (Å²) >= 11 is 7.43. The van der Waals surface area contributed by atoms with Crippen molar-refractivity contribution in [1.29, 1.82) is 0 Å². The maximum atomic E-state index is 12.9. The first kappa shape index (κ1) is 23.6. The van der Waals surface area contributed by atoms with Crippen LogP contribution in [0.5, 0.6) is 5.75 Å². The lowest BCUT2D eigenvalue weighted by Crippen LogP contribution is -2.28. The highest BCUT2D eigenvalue weighted by Gasteiger charge is 2.32. The zero-order chi connectivity index (χ0) is 24.1. The maximum absolute atomic E-state index is 12.9. The summed E-state index contributed by atoms with van der Waals surface area (Å²) in [6.45, 7) is 2.69. The number of aromatic carboxylic acids is 1. The van der Waals surface area contributed by atoms with Crippen molar-refractivity contribution < 1.29 is 19.4 Å². The number of rotatable bonds is 7. The lowest BCUT2D eigenvalue weighted by atomic mass is 10.2. The molecule has 3 aromatic carbocycles. The van der Waals surface area contributed by atoms with E-state index in [4.69, 9.17) is 16.3 Å². The van der Waals surface area contributed by atoms with Crippen LogP contribution >= 0.6 is 23.4 Å². The molecule has 3 aromatic rings. The van der Waals surface area contributed by atoms with E-state index in [9.17, 15) is 14.7 Å². The van der Waals surface area contributed by atoms with Crippen molar-refractivity contribution in [3.05, 3.63) is 99.4 Å². The van der Waals surface area contributed by atoms with Gasteiger partial charge in [0.2, 0.25) is 0 Å². The second-order valence-electron chi connectivity index (χ2n) is 7.36. The van der Waals surface area contributed by atoms with Crippen LogP contribution in [0, 0.1) is 0 Å². The van der Waals surface area contributed by atoms with E-state index in [-0.39, 0.29) is 11.5 Å². The lowest BCUT2D eigenvalue weighted by Gasteiger charge is -2.12. The van der Waals surface area contributed by atoms with Crippen molar-refractivity contribution in [3.63, 3.8) is 0 Å². The van der Waals surface area contributed by atoms with Crippen LogP contribution in [0.4, 0.5) is 5.69 Å². The van der Waals surface area contributed by atoms with E-state index in [1.54, 1.807) is 17.0 Å². The van der Waals surface area contributed by atoms with Gasteiger partial charge in [0.1, 0.15) is 12.4 Å². The smallest absolute Gasteiger partial charge is 0.335 e. The third-order valence-corrected chi connectivity index (χ3v) is 6.43. The first-order chi connectivity index (χ1) is 16.4. The summed E-state index contributed by atoms with van der Waals surface area (Å²) < 4.78 is 5.82. The molecule has 0 radical (unpaired) electrons. The zero-order valence-electron chi connectivity index (χ0n) is 18.3. The van der Waals surface area contributed by atoms with Crippen molar-refractivity contribution in [2.45, 2.75) is 13.5 Å². The van der Waals surface area contributed by atoms with Crippen LogP contribution in [0.1, 0.15) is 28.4 Å². The molecular formula is C26H21ClN2O4S. The normalized spacial score (nSPS) is 15.8. The van der Waals surface area contributed by atoms with Crippen LogP contribution < -0.4 is 4.74 Å². The summed E-state index contributed by atoms with van der Waals surface area (Å²) in [7, 11) is 0. The van der Waals surface area contributed by atoms with Gasteiger partial charge >= 0.3 is 5.97 Å². The van der Waals surface area contributed by atoms with Gasteiger partial charge in [0.25, 0.3) is 5.91 Å². The maximum Gasteiger partial charge on any atom is 0.335 e. The average Bonchev–Trinajstić information content (AvgIpc) is 3.13.